The van der Waals surface area contributed by atoms with Gasteiger partial charge in [0.2, 0.25) is 0 Å². The third kappa shape index (κ3) is 3.68. The summed E-state index contributed by atoms with van der Waals surface area (Å²) in [7, 11) is 1.67. The summed E-state index contributed by atoms with van der Waals surface area (Å²) in [5.74, 6) is 2.15. The van der Waals surface area contributed by atoms with Crippen LogP contribution in [0.25, 0.3) is 11.0 Å². The highest BCUT2D eigenvalue weighted by atomic mass is 35.5. The lowest BCUT2D eigenvalue weighted by Crippen LogP contribution is -2.04. The molecular weight excluding hydrogens is 348 g/mol. The molecule has 0 bridgehead atoms. The number of hydrogen-bond acceptors (Lipinski definition) is 4. The maximum atomic E-state index is 6.43. The Bertz CT molecular complexity index is 883. The van der Waals surface area contributed by atoms with E-state index in [9.17, 15) is 0 Å². The first-order valence-corrected chi connectivity index (χ1v) is 9.64. The highest BCUT2D eigenvalue weighted by Gasteiger charge is 2.20. The van der Waals surface area contributed by atoms with Crippen molar-refractivity contribution in [3.63, 3.8) is 0 Å². The summed E-state index contributed by atoms with van der Waals surface area (Å²) in [5.41, 5.74) is 2.65. The van der Waals surface area contributed by atoms with Crippen LogP contribution < -0.4 is 4.74 Å². The molecule has 1 fully saturated rings. The number of hydrogen-bond donors (Lipinski definition) is 0. The second-order valence-corrected chi connectivity index (χ2v) is 7.33. The molecule has 1 saturated carbocycles. The van der Waals surface area contributed by atoms with Gasteiger partial charge in [-0.1, -0.05) is 49.4 Å². The fourth-order valence-corrected chi connectivity index (χ4v) is 3.88. The van der Waals surface area contributed by atoms with Crippen molar-refractivity contribution >= 4 is 22.6 Å². The van der Waals surface area contributed by atoms with Gasteiger partial charge in [0, 0.05) is 5.92 Å². The standard InChI is InChI=1S/C20H23ClN4O/c1-26-16-10-8-14(9-11-16)12-25-13-17-18(24-25)19(21)23-20(22-17)15-6-4-2-3-5-7-15/h8-11,13,15H,2-7,12H2,1H3. The quantitative estimate of drug-likeness (QED) is 0.480. The van der Waals surface area contributed by atoms with Crippen molar-refractivity contribution in [3.8, 4) is 5.75 Å². The molecule has 1 aliphatic rings. The van der Waals surface area contributed by atoms with Crippen molar-refractivity contribution in [1.82, 2.24) is 19.7 Å². The van der Waals surface area contributed by atoms with Crippen LogP contribution in [0.3, 0.4) is 0 Å². The van der Waals surface area contributed by atoms with Crippen LogP contribution in [0.15, 0.2) is 30.5 Å². The monoisotopic (exact) mass is 370 g/mol. The maximum Gasteiger partial charge on any atom is 0.160 e. The predicted octanol–water partition coefficient (Wildman–Crippen LogP) is 4.97. The molecule has 0 N–H and O–H groups in total. The Morgan fingerprint density at radius 3 is 2.50 bits per heavy atom. The van der Waals surface area contributed by atoms with Crippen LogP contribution in [0, 0.1) is 0 Å². The minimum atomic E-state index is 0.421. The van der Waals surface area contributed by atoms with E-state index in [-0.39, 0.29) is 0 Å². The number of benzene rings is 1. The molecule has 0 spiro atoms. The minimum Gasteiger partial charge on any atom is -0.497 e. The zero-order chi connectivity index (χ0) is 17.9. The van der Waals surface area contributed by atoms with Gasteiger partial charge >= 0.3 is 0 Å². The molecule has 0 unspecified atom stereocenters. The van der Waals surface area contributed by atoms with Gasteiger partial charge in [0.25, 0.3) is 0 Å². The summed E-state index contributed by atoms with van der Waals surface area (Å²) < 4.78 is 7.08. The molecule has 6 heteroatoms. The van der Waals surface area contributed by atoms with Crippen molar-refractivity contribution < 1.29 is 4.74 Å². The van der Waals surface area contributed by atoms with Crippen LogP contribution in [0.1, 0.15) is 55.8 Å². The van der Waals surface area contributed by atoms with Gasteiger partial charge in [-0.25, -0.2) is 9.97 Å². The van der Waals surface area contributed by atoms with Crippen molar-refractivity contribution in [2.75, 3.05) is 7.11 Å². The summed E-state index contributed by atoms with van der Waals surface area (Å²) in [6, 6.07) is 7.98. The molecule has 0 radical (unpaired) electrons. The largest absolute Gasteiger partial charge is 0.497 e. The lowest BCUT2D eigenvalue weighted by atomic mass is 9.99. The van der Waals surface area contributed by atoms with Crippen LogP contribution in [0.2, 0.25) is 5.15 Å². The average Bonchev–Trinajstić information content (AvgIpc) is 2.88. The Balaban J connectivity index is 1.60. The first-order valence-electron chi connectivity index (χ1n) is 9.26. The van der Waals surface area contributed by atoms with E-state index in [0.717, 1.165) is 35.5 Å². The Morgan fingerprint density at radius 2 is 1.81 bits per heavy atom. The van der Waals surface area contributed by atoms with Gasteiger partial charge < -0.3 is 4.74 Å². The van der Waals surface area contributed by atoms with E-state index in [1.54, 1.807) is 7.11 Å². The molecule has 1 aromatic carbocycles. The van der Waals surface area contributed by atoms with Crippen LogP contribution in [-0.4, -0.2) is 26.9 Å². The number of methoxy groups -OCH3 is 1. The summed E-state index contributed by atoms with van der Waals surface area (Å²) in [6.07, 6.45) is 9.40. The smallest absolute Gasteiger partial charge is 0.160 e. The molecule has 1 aliphatic carbocycles. The zero-order valence-electron chi connectivity index (χ0n) is 15.0. The highest BCUT2D eigenvalue weighted by molar-refractivity contribution is 6.33. The van der Waals surface area contributed by atoms with Crippen LogP contribution in [0.5, 0.6) is 5.75 Å². The summed E-state index contributed by atoms with van der Waals surface area (Å²) in [4.78, 5) is 9.36. The molecule has 0 saturated heterocycles. The molecule has 4 rings (SSSR count). The number of rotatable bonds is 4. The molecule has 26 heavy (non-hydrogen) atoms. The number of fused-ring (bicyclic) bond motifs is 1. The number of halogens is 1. The molecule has 2 heterocycles. The van der Waals surface area contributed by atoms with E-state index in [2.05, 4.69) is 10.1 Å². The zero-order valence-corrected chi connectivity index (χ0v) is 15.7. The van der Waals surface area contributed by atoms with Crippen molar-refractivity contribution in [2.45, 2.75) is 51.0 Å². The van der Waals surface area contributed by atoms with Crippen molar-refractivity contribution in [1.29, 1.82) is 0 Å². The van der Waals surface area contributed by atoms with Crippen LogP contribution >= 0.6 is 11.6 Å². The fraction of sp³-hybridized carbons (Fsp3) is 0.450. The highest BCUT2D eigenvalue weighted by Crippen LogP contribution is 2.31. The normalized spacial score (nSPS) is 15.9. The molecule has 0 amide bonds. The lowest BCUT2D eigenvalue weighted by molar-refractivity contribution is 0.414. The third-order valence-corrected chi connectivity index (χ3v) is 5.37. The molecular formula is C20H23ClN4O. The topological polar surface area (TPSA) is 52.8 Å². The van der Waals surface area contributed by atoms with Gasteiger partial charge in [-0.05, 0) is 30.5 Å². The fourth-order valence-electron chi connectivity index (χ4n) is 3.66. The van der Waals surface area contributed by atoms with Gasteiger partial charge in [0.05, 0.1) is 19.9 Å². The maximum absolute atomic E-state index is 6.43. The summed E-state index contributed by atoms with van der Waals surface area (Å²) in [5, 5.41) is 5.04. The molecule has 5 nitrogen and oxygen atoms in total. The molecule has 2 aromatic heterocycles. The Labute approximate surface area is 158 Å². The van der Waals surface area contributed by atoms with Gasteiger partial charge in [0.15, 0.2) is 5.15 Å². The second-order valence-electron chi connectivity index (χ2n) is 6.97. The summed E-state index contributed by atoms with van der Waals surface area (Å²) >= 11 is 6.43. The predicted molar refractivity (Wildman–Crippen MR) is 103 cm³/mol. The Hall–Kier alpha value is -2.14. The van der Waals surface area contributed by atoms with E-state index in [0.29, 0.717) is 23.1 Å². The van der Waals surface area contributed by atoms with Gasteiger partial charge in [0.1, 0.15) is 22.6 Å². The number of nitrogens with zero attached hydrogens (tertiary/aromatic N) is 4. The molecule has 3 aromatic rings. The van der Waals surface area contributed by atoms with Gasteiger partial charge in [-0.15, -0.1) is 0 Å². The van der Waals surface area contributed by atoms with Crippen molar-refractivity contribution in [3.05, 3.63) is 47.0 Å². The van der Waals surface area contributed by atoms with Crippen molar-refractivity contribution in [2.24, 2.45) is 0 Å². The second kappa shape index (κ2) is 7.62. The van der Waals surface area contributed by atoms with E-state index in [1.807, 2.05) is 35.1 Å². The lowest BCUT2D eigenvalue weighted by Gasteiger charge is -2.12. The first kappa shape index (κ1) is 17.3. The van der Waals surface area contributed by atoms with E-state index in [4.69, 9.17) is 21.3 Å². The van der Waals surface area contributed by atoms with Gasteiger partial charge in [-0.3, -0.25) is 4.68 Å². The third-order valence-electron chi connectivity index (χ3n) is 5.11. The average molecular weight is 371 g/mol. The SMILES string of the molecule is COc1ccc(Cn2cc3nc(C4CCCCCC4)nc(Cl)c3n2)cc1. The first-order chi connectivity index (χ1) is 12.7. The van der Waals surface area contributed by atoms with E-state index >= 15 is 0 Å². The summed E-state index contributed by atoms with van der Waals surface area (Å²) in [6.45, 7) is 0.662. The van der Waals surface area contributed by atoms with Gasteiger partial charge in [-0.2, -0.15) is 5.10 Å². The molecule has 0 aliphatic heterocycles. The minimum absolute atomic E-state index is 0.421. The Kier molecular flexibility index (Phi) is 5.07. The van der Waals surface area contributed by atoms with Crippen LogP contribution in [-0.2, 0) is 6.54 Å². The van der Waals surface area contributed by atoms with Crippen LogP contribution in [0.4, 0.5) is 0 Å². The molecule has 136 valence electrons. The Morgan fingerprint density at radius 1 is 1.08 bits per heavy atom. The van der Waals surface area contributed by atoms with E-state index in [1.165, 1.54) is 25.7 Å². The molecule has 0 atom stereocenters. The van der Waals surface area contributed by atoms with E-state index < -0.39 is 0 Å². The number of aromatic nitrogens is 4. The number of ether oxygens (including phenoxy) is 1.